The fourth-order valence-corrected chi connectivity index (χ4v) is 5.16. The lowest BCUT2D eigenvalue weighted by Crippen LogP contribution is -2.19. The van der Waals surface area contributed by atoms with Crippen LogP contribution in [0.5, 0.6) is 0 Å². The molecule has 0 radical (unpaired) electrons. The van der Waals surface area contributed by atoms with Crippen LogP contribution in [0.15, 0.2) is 36.5 Å². The second kappa shape index (κ2) is 5.98. The Morgan fingerprint density at radius 1 is 1.27 bits per heavy atom. The Labute approximate surface area is 151 Å². The van der Waals surface area contributed by atoms with E-state index in [1.165, 1.54) is 0 Å². The van der Waals surface area contributed by atoms with Gasteiger partial charge in [-0.2, -0.15) is 5.10 Å². The smallest absolute Gasteiger partial charge is 0.256 e. The molecule has 1 aromatic carbocycles. The summed E-state index contributed by atoms with van der Waals surface area (Å²) in [6, 6.07) is 9.04. The lowest BCUT2D eigenvalue weighted by atomic mass is 10.1. The number of hydrogen-bond donors (Lipinski definition) is 1. The number of anilines is 1. The SMILES string of the molecule is Cc1cc(NC(=O)c2ccc3c(ccn3C)c2)n(C2CCS(=O)(=O)C2)n1. The van der Waals surface area contributed by atoms with Gasteiger partial charge in [0.2, 0.25) is 0 Å². The predicted molar refractivity (Wildman–Crippen MR) is 100 cm³/mol. The summed E-state index contributed by atoms with van der Waals surface area (Å²) in [5.74, 6) is 0.516. The number of rotatable bonds is 3. The molecule has 3 aromatic rings. The normalized spacial score (nSPS) is 19.1. The Balaban J connectivity index is 1.61. The third-order valence-electron chi connectivity index (χ3n) is 4.80. The van der Waals surface area contributed by atoms with Crippen molar-refractivity contribution in [3.63, 3.8) is 0 Å². The van der Waals surface area contributed by atoms with Crippen LogP contribution in [0, 0.1) is 6.92 Å². The largest absolute Gasteiger partial charge is 0.351 e. The third kappa shape index (κ3) is 3.01. The van der Waals surface area contributed by atoms with E-state index in [2.05, 4.69) is 10.4 Å². The van der Waals surface area contributed by atoms with Crippen molar-refractivity contribution >= 4 is 32.5 Å². The van der Waals surface area contributed by atoms with Gasteiger partial charge >= 0.3 is 0 Å². The Hall–Kier alpha value is -2.61. The first-order valence-corrected chi connectivity index (χ1v) is 10.3. The van der Waals surface area contributed by atoms with Gasteiger partial charge in [0.05, 0.1) is 23.2 Å². The summed E-state index contributed by atoms with van der Waals surface area (Å²) in [6.07, 6.45) is 2.47. The highest BCUT2D eigenvalue weighted by atomic mass is 32.2. The van der Waals surface area contributed by atoms with Crippen LogP contribution in [0.1, 0.15) is 28.5 Å². The van der Waals surface area contributed by atoms with Crippen molar-refractivity contribution < 1.29 is 13.2 Å². The van der Waals surface area contributed by atoms with E-state index in [-0.39, 0.29) is 23.5 Å². The second-order valence-electron chi connectivity index (χ2n) is 6.83. The number of hydrogen-bond acceptors (Lipinski definition) is 4. The number of aromatic nitrogens is 3. The standard InChI is InChI=1S/C18H20N4O3S/c1-12-9-17(22(20-12)15-6-8-26(24,25)11-15)19-18(23)14-3-4-16-13(10-14)5-7-21(16)2/h3-5,7,9-10,15H,6,8,11H2,1-2H3,(H,19,23). The number of benzene rings is 1. The van der Waals surface area contributed by atoms with Gasteiger partial charge in [-0.15, -0.1) is 0 Å². The molecule has 1 aliphatic heterocycles. The summed E-state index contributed by atoms with van der Waals surface area (Å²) in [5, 5.41) is 8.27. The number of amides is 1. The first-order chi connectivity index (χ1) is 12.3. The zero-order valence-electron chi connectivity index (χ0n) is 14.6. The minimum absolute atomic E-state index is 0.0625. The van der Waals surface area contributed by atoms with Gasteiger partial charge < -0.3 is 9.88 Å². The van der Waals surface area contributed by atoms with Crippen LogP contribution in [0.25, 0.3) is 10.9 Å². The van der Waals surface area contributed by atoms with Crippen molar-refractivity contribution in [3.05, 3.63) is 47.8 Å². The number of sulfone groups is 1. The van der Waals surface area contributed by atoms with E-state index in [1.807, 2.05) is 42.9 Å². The molecule has 7 nitrogen and oxygen atoms in total. The Morgan fingerprint density at radius 3 is 2.81 bits per heavy atom. The average Bonchev–Trinajstić information content (AvgIpc) is 3.25. The molecule has 1 amide bonds. The molecular formula is C18H20N4O3S. The summed E-state index contributed by atoms with van der Waals surface area (Å²) in [7, 11) is -1.07. The van der Waals surface area contributed by atoms with Crippen molar-refractivity contribution in [1.82, 2.24) is 14.3 Å². The molecule has 0 saturated carbocycles. The van der Waals surface area contributed by atoms with Gasteiger partial charge in [0, 0.05) is 35.8 Å². The highest BCUT2D eigenvalue weighted by molar-refractivity contribution is 7.91. The van der Waals surface area contributed by atoms with Gasteiger partial charge in [-0.25, -0.2) is 13.1 Å². The maximum absolute atomic E-state index is 12.7. The third-order valence-corrected chi connectivity index (χ3v) is 6.55. The molecule has 1 unspecified atom stereocenters. The van der Waals surface area contributed by atoms with E-state index in [1.54, 1.807) is 16.8 Å². The molecule has 1 N–H and O–H groups in total. The van der Waals surface area contributed by atoms with Crippen LogP contribution in [0.2, 0.25) is 0 Å². The number of fused-ring (bicyclic) bond motifs is 1. The summed E-state index contributed by atoms with van der Waals surface area (Å²) in [5.41, 5.74) is 2.34. The van der Waals surface area contributed by atoms with Crippen molar-refractivity contribution in [3.8, 4) is 0 Å². The van der Waals surface area contributed by atoms with Gasteiger partial charge in [-0.3, -0.25) is 4.79 Å². The lowest BCUT2D eigenvalue weighted by molar-refractivity contribution is 0.102. The van der Waals surface area contributed by atoms with Crippen LogP contribution in [0.4, 0.5) is 5.82 Å². The fraction of sp³-hybridized carbons (Fsp3) is 0.333. The maximum atomic E-state index is 12.7. The first kappa shape index (κ1) is 16.8. The van der Waals surface area contributed by atoms with Gasteiger partial charge in [0.25, 0.3) is 5.91 Å². The van der Waals surface area contributed by atoms with Crippen molar-refractivity contribution in [2.75, 3.05) is 16.8 Å². The summed E-state index contributed by atoms with van der Waals surface area (Å²) in [4.78, 5) is 12.7. The number of carbonyl (C=O) groups is 1. The van der Waals surface area contributed by atoms with Gasteiger partial charge in [-0.05, 0) is 37.6 Å². The van der Waals surface area contributed by atoms with Gasteiger partial charge in [0.15, 0.2) is 9.84 Å². The average molecular weight is 372 g/mol. The summed E-state index contributed by atoms with van der Waals surface area (Å²) in [6.45, 7) is 1.83. The molecule has 1 fully saturated rings. The molecule has 1 atom stereocenters. The van der Waals surface area contributed by atoms with E-state index in [0.717, 1.165) is 16.6 Å². The van der Waals surface area contributed by atoms with Gasteiger partial charge in [-0.1, -0.05) is 0 Å². The van der Waals surface area contributed by atoms with Crippen LogP contribution < -0.4 is 5.32 Å². The highest BCUT2D eigenvalue weighted by Gasteiger charge is 2.31. The molecule has 26 heavy (non-hydrogen) atoms. The zero-order chi connectivity index (χ0) is 18.5. The van der Waals surface area contributed by atoms with E-state index in [4.69, 9.17) is 0 Å². The fourth-order valence-electron chi connectivity index (χ4n) is 3.47. The molecule has 8 heteroatoms. The molecule has 1 saturated heterocycles. The summed E-state index contributed by atoms with van der Waals surface area (Å²) >= 11 is 0. The Morgan fingerprint density at radius 2 is 2.08 bits per heavy atom. The van der Waals surface area contributed by atoms with E-state index < -0.39 is 9.84 Å². The number of nitrogens with zero attached hydrogens (tertiary/aromatic N) is 3. The molecule has 0 spiro atoms. The van der Waals surface area contributed by atoms with E-state index in [9.17, 15) is 13.2 Å². The van der Waals surface area contributed by atoms with Crippen molar-refractivity contribution in [1.29, 1.82) is 0 Å². The van der Waals surface area contributed by atoms with Crippen LogP contribution in [0.3, 0.4) is 0 Å². The van der Waals surface area contributed by atoms with Gasteiger partial charge in [0.1, 0.15) is 5.82 Å². The topological polar surface area (TPSA) is 86.0 Å². The lowest BCUT2D eigenvalue weighted by Gasteiger charge is -2.14. The monoisotopic (exact) mass is 372 g/mol. The predicted octanol–water partition coefficient (Wildman–Crippen LogP) is 2.30. The minimum Gasteiger partial charge on any atom is -0.351 e. The van der Waals surface area contributed by atoms with Crippen LogP contribution in [-0.4, -0.2) is 40.2 Å². The van der Waals surface area contributed by atoms with Crippen LogP contribution in [-0.2, 0) is 16.9 Å². The molecule has 1 aliphatic rings. The highest BCUT2D eigenvalue weighted by Crippen LogP contribution is 2.27. The van der Waals surface area contributed by atoms with Crippen molar-refractivity contribution in [2.24, 2.45) is 7.05 Å². The Bertz CT molecular complexity index is 1110. The molecule has 3 heterocycles. The second-order valence-corrected chi connectivity index (χ2v) is 9.06. The molecule has 4 rings (SSSR count). The first-order valence-electron chi connectivity index (χ1n) is 8.45. The minimum atomic E-state index is -3.03. The number of nitrogens with one attached hydrogen (secondary N) is 1. The number of aryl methyl sites for hydroxylation is 2. The van der Waals surface area contributed by atoms with Crippen molar-refractivity contribution in [2.45, 2.75) is 19.4 Å². The molecule has 0 aliphatic carbocycles. The maximum Gasteiger partial charge on any atom is 0.256 e. The van der Waals surface area contributed by atoms with Crippen LogP contribution >= 0.6 is 0 Å². The summed E-state index contributed by atoms with van der Waals surface area (Å²) < 4.78 is 27.2. The quantitative estimate of drug-likeness (QED) is 0.764. The molecule has 136 valence electrons. The number of carbonyl (C=O) groups excluding carboxylic acids is 1. The van der Waals surface area contributed by atoms with E-state index in [0.29, 0.717) is 17.8 Å². The molecule has 0 bridgehead atoms. The van der Waals surface area contributed by atoms with E-state index >= 15 is 0 Å². The zero-order valence-corrected chi connectivity index (χ0v) is 15.5. The molecular weight excluding hydrogens is 352 g/mol. The Kier molecular flexibility index (Phi) is 3.87. The molecule has 2 aromatic heterocycles.